The van der Waals surface area contributed by atoms with E-state index >= 15 is 0 Å². The summed E-state index contributed by atoms with van der Waals surface area (Å²) in [6, 6.07) is 0. The third-order valence-corrected chi connectivity index (χ3v) is 3.21. The summed E-state index contributed by atoms with van der Waals surface area (Å²) in [7, 11) is 0. The van der Waals surface area contributed by atoms with Crippen molar-refractivity contribution in [1.29, 1.82) is 0 Å². The molecule has 0 aromatic carbocycles. The maximum Gasteiger partial charge on any atom is 0.333 e. The van der Waals surface area contributed by atoms with Crippen molar-refractivity contribution < 1.29 is 23.8 Å². The maximum absolute atomic E-state index is 11.0. The highest BCUT2D eigenvalue weighted by molar-refractivity contribution is 8.06. The van der Waals surface area contributed by atoms with Gasteiger partial charge in [-0.15, -0.1) is 0 Å². The molecule has 7 heteroatoms. The third kappa shape index (κ3) is 14.0. The molecule has 0 fully saturated rings. The Kier molecular flexibility index (Phi) is 10.4. The van der Waals surface area contributed by atoms with Gasteiger partial charge < -0.3 is 19.0 Å². The largest absolute Gasteiger partial charge is 0.462 e. The Hall–Kier alpha value is -0.260. The predicted molar refractivity (Wildman–Crippen MR) is 78.1 cm³/mol. The van der Waals surface area contributed by atoms with Crippen LogP contribution in [-0.2, 0) is 25.9 Å². The first-order chi connectivity index (χ1) is 8.83. The zero-order chi connectivity index (χ0) is 14.7. The minimum Gasteiger partial charge on any atom is -0.462 e. The molecule has 0 aromatic heterocycles. The normalized spacial score (nSPS) is 11.3. The van der Waals surface area contributed by atoms with Crippen molar-refractivity contribution in [3.05, 3.63) is 12.2 Å². The lowest BCUT2D eigenvalue weighted by atomic mass is 10.1. The van der Waals surface area contributed by atoms with Crippen LogP contribution in [-0.4, -0.2) is 29.0 Å². The molecule has 2 N–H and O–H groups in total. The molecule has 0 spiro atoms. The molecule has 0 radical (unpaired) electrons. The van der Waals surface area contributed by atoms with Crippen LogP contribution in [0.5, 0.6) is 0 Å². The smallest absolute Gasteiger partial charge is 0.333 e. The first-order valence-corrected chi connectivity index (χ1v) is 8.98. The Morgan fingerprint density at radius 1 is 1.11 bits per heavy atom. The average molecular weight is 310 g/mol. The van der Waals surface area contributed by atoms with E-state index in [1.54, 1.807) is 6.92 Å². The van der Waals surface area contributed by atoms with Crippen molar-refractivity contribution >= 4 is 24.5 Å². The van der Waals surface area contributed by atoms with Crippen molar-refractivity contribution in [2.75, 3.05) is 13.2 Å². The van der Waals surface area contributed by atoms with Gasteiger partial charge in [0.2, 0.25) is 0 Å². The van der Waals surface area contributed by atoms with Gasteiger partial charge in [-0.2, -0.15) is 0 Å². The summed E-state index contributed by atoms with van der Waals surface area (Å²) in [5.74, 6) is -0.333. The minimum atomic E-state index is -3.48. The number of unbranched alkanes of at least 4 members (excludes halogenated alkanes) is 5. The molecule has 0 bridgehead atoms. The van der Waals surface area contributed by atoms with Crippen LogP contribution in [0.1, 0.15) is 45.4 Å². The average Bonchev–Trinajstić information content (AvgIpc) is 2.29. The monoisotopic (exact) mass is 310 g/mol. The molecule has 0 unspecified atom stereocenters. The number of carbonyl (C=O) groups is 1. The van der Waals surface area contributed by atoms with Gasteiger partial charge in [-0.25, -0.2) is 4.79 Å². The number of carbonyl (C=O) groups excluding carboxylic acids is 1. The summed E-state index contributed by atoms with van der Waals surface area (Å²) >= 11 is 4.33. The van der Waals surface area contributed by atoms with E-state index in [0.29, 0.717) is 18.8 Å². The van der Waals surface area contributed by atoms with Crippen LogP contribution in [0.15, 0.2) is 12.2 Å². The van der Waals surface area contributed by atoms with Gasteiger partial charge in [0.05, 0.1) is 13.2 Å². The molecule has 112 valence electrons. The van der Waals surface area contributed by atoms with Gasteiger partial charge in [0.25, 0.3) is 0 Å². The van der Waals surface area contributed by atoms with Crippen LogP contribution in [0.3, 0.4) is 0 Å². The lowest BCUT2D eigenvalue weighted by molar-refractivity contribution is -0.139. The molecule has 0 aromatic rings. The van der Waals surface area contributed by atoms with Crippen molar-refractivity contribution in [1.82, 2.24) is 0 Å². The van der Waals surface area contributed by atoms with Crippen LogP contribution in [0, 0.1) is 0 Å². The molecule has 0 rings (SSSR count). The van der Waals surface area contributed by atoms with Crippen molar-refractivity contribution in [2.45, 2.75) is 45.4 Å². The summed E-state index contributed by atoms with van der Waals surface area (Å²) in [4.78, 5) is 28.7. The van der Waals surface area contributed by atoms with Crippen LogP contribution >= 0.6 is 6.72 Å². The minimum absolute atomic E-state index is 0.292. The molecule has 19 heavy (non-hydrogen) atoms. The van der Waals surface area contributed by atoms with Gasteiger partial charge in [0.15, 0.2) is 0 Å². The topological polar surface area (TPSA) is 76.0 Å². The molecule has 0 amide bonds. The lowest BCUT2D eigenvalue weighted by Crippen LogP contribution is -2.05. The van der Waals surface area contributed by atoms with Crippen molar-refractivity contribution in [3.8, 4) is 0 Å². The Morgan fingerprint density at radius 3 is 2.05 bits per heavy atom. The van der Waals surface area contributed by atoms with E-state index in [1.165, 1.54) is 0 Å². The summed E-state index contributed by atoms with van der Waals surface area (Å²) in [6.07, 6.45) is 5.67. The molecule has 0 atom stereocenters. The lowest BCUT2D eigenvalue weighted by Gasteiger charge is -2.07. The number of rotatable bonds is 11. The fraction of sp³-hybridized carbons (Fsp3) is 0.750. The van der Waals surface area contributed by atoms with Crippen molar-refractivity contribution in [2.24, 2.45) is 0 Å². The predicted octanol–water partition coefficient (Wildman–Crippen LogP) is 2.67. The van der Waals surface area contributed by atoms with E-state index in [9.17, 15) is 4.79 Å². The van der Waals surface area contributed by atoms with Crippen LogP contribution in [0.25, 0.3) is 0 Å². The summed E-state index contributed by atoms with van der Waals surface area (Å²) in [5, 5.41) is 0. The van der Waals surface area contributed by atoms with Gasteiger partial charge in [-0.05, 0) is 31.6 Å². The second-order valence-corrected chi connectivity index (χ2v) is 7.03. The zero-order valence-corrected chi connectivity index (χ0v) is 13.0. The Bertz CT molecular complexity index is 326. The fourth-order valence-electron chi connectivity index (χ4n) is 1.38. The van der Waals surface area contributed by atoms with Crippen LogP contribution in [0.2, 0.25) is 0 Å². The second-order valence-electron chi connectivity index (χ2n) is 4.36. The third-order valence-electron chi connectivity index (χ3n) is 2.38. The molecule has 0 aliphatic carbocycles. The number of ether oxygens (including phenoxy) is 1. The molecule has 0 aliphatic rings. The Balaban J connectivity index is 3.22. The van der Waals surface area contributed by atoms with Gasteiger partial charge in [0.1, 0.15) is 0 Å². The molecule has 0 aliphatic heterocycles. The summed E-state index contributed by atoms with van der Waals surface area (Å²) in [6.45, 7) is 2.38. The SMILES string of the molecule is C=C(C)C(=O)OCCCCCCCCOP(O)(O)=S. The molecule has 0 heterocycles. The number of hydrogen-bond donors (Lipinski definition) is 2. The Morgan fingerprint density at radius 2 is 1.58 bits per heavy atom. The molecule has 0 saturated carbocycles. The number of hydrogen-bond acceptors (Lipinski definition) is 4. The highest BCUT2D eigenvalue weighted by Crippen LogP contribution is 2.36. The van der Waals surface area contributed by atoms with E-state index in [2.05, 4.69) is 18.4 Å². The van der Waals surface area contributed by atoms with E-state index in [1.807, 2.05) is 0 Å². The zero-order valence-electron chi connectivity index (χ0n) is 11.3. The van der Waals surface area contributed by atoms with E-state index < -0.39 is 6.72 Å². The van der Waals surface area contributed by atoms with Crippen LogP contribution < -0.4 is 0 Å². The van der Waals surface area contributed by atoms with Gasteiger partial charge in [-0.3, -0.25) is 0 Å². The standard InChI is InChI=1S/C12H23O5PS/c1-11(2)12(13)16-9-7-5-3-4-6-8-10-17-18(14,15)19/h1,3-10H2,2H3,(H2,14,15,19). The first kappa shape index (κ1) is 18.7. The van der Waals surface area contributed by atoms with E-state index in [-0.39, 0.29) is 5.97 Å². The van der Waals surface area contributed by atoms with Gasteiger partial charge >= 0.3 is 12.7 Å². The highest BCUT2D eigenvalue weighted by atomic mass is 32.5. The van der Waals surface area contributed by atoms with Gasteiger partial charge in [-0.1, -0.05) is 32.3 Å². The molecular weight excluding hydrogens is 287 g/mol. The molecule has 0 saturated heterocycles. The quantitative estimate of drug-likeness (QED) is 0.264. The molecular formula is C12H23O5PS. The van der Waals surface area contributed by atoms with Crippen molar-refractivity contribution in [3.63, 3.8) is 0 Å². The maximum atomic E-state index is 11.0. The summed E-state index contributed by atoms with van der Waals surface area (Å²) in [5.41, 5.74) is 0.424. The van der Waals surface area contributed by atoms with Gasteiger partial charge in [0, 0.05) is 5.57 Å². The Labute approximate surface area is 119 Å². The van der Waals surface area contributed by atoms with Crippen LogP contribution in [0.4, 0.5) is 0 Å². The first-order valence-electron chi connectivity index (χ1n) is 6.35. The number of esters is 1. The van der Waals surface area contributed by atoms with E-state index in [4.69, 9.17) is 19.0 Å². The second kappa shape index (κ2) is 10.5. The summed E-state index contributed by atoms with van der Waals surface area (Å²) < 4.78 is 9.66. The van der Waals surface area contributed by atoms with E-state index in [0.717, 1.165) is 38.5 Å². The fourth-order valence-corrected chi connectivity index (χ4v) is 1.97. The highest BCUT2D eigenvalue weighted by Gasteiger charge is 2.06. The molecule has 5 nitrogen and oxygen atoms in total.